The number of hydrogen-bond donors (Lipinski definition) is 3. The monoisotopic (exact) mass is 441 g/mol. The van der Waals surface area contributed by atoms with Crippen LogP contribution in [0.25, 0.3) is 0 Å². The van der Waals surface area contributed by atoms with Gasteiger partial charge in [-0.15, -0.1) is 0 Å². The number of carbonyl (C=O) groups excluding carboxylic acids is 1. The van der Waals surface area contributed by atoms with Gasteiger partial charge < -0.3 is 20.6 Å². The van der Waals surface area contributed by atoms with Gasteiger partial charge >= 0.3 is 0 Å². The number of aliphatic hydroxyl groups is 1. The number of rotatable bonds is 6. The molecule has 3 heterocycles. The molecule has 0 spiro atoms. The van der Waals surface area contributed by atoms with Gasteiger partial charge in [0.15, 0.2) is 5.82 Å². The van der Waals surface area contributed by atoms with E-state index in [0.717, 1.165) is 11.1 Å². The largest absolute Gasteiger partial charge is 0.391 e. The van der Waals surface area contributed by atoms with Gasteiger partial charge in [-0.3, -0.25) is 9.48 Å². The SMILES string of the molecule is Cc1nc(NCc2cnn(Cc3ccc(Cl)cc3)c2)nc2c1NC(=O)[C@H]([C@H](C)O)N2C. The molecule has 0 unspecified atom stereocenters. The number of aliphatic hydroxyl groups excluding tert-OH is 1. The van der Waals surface area contributed by atoms with E-state index >= 15 is 0 Å². The molecule has 4 rings (SSSR count). The number of aromatic nitrogens is 4. The fourth-order valence-electron chi connectivity index (χ4n) is 3.63. The normalized spacial score (nSPS) is 16.6. The zero-order chi connectivity index (χ0) is 22.1. The molecule has 2 aromatic heterocycles. The minimum absolute atomic E-state index is 0.273. The summed E-state index contributed by atoms with van der Waals surface area (Å²) in [5.74, 6) is 0.735. The van der Waals surface area contributed by atoms with Gasteiger partial charge in [-0.1, -0.05) is 23.7 Å². The Kier molecular flexibility index (Phi) is 5.79. The Bertz CT molecular complexity index is 1100. The number of nitrogens with zero attached hydrogens (tertiary/aromatic N) is 5. The van der Waals surface area contributed by atoms with Crippen LogP contribution in [0, 0.1) is 6.92 Å². The number of halogens is 1. The lowest BCUT2D eigenvalue weighted by Crippen LogP contribution is -2.52. The fourth-order valence-corrected chi connectivity index (χ4v) is 3.75. The van der Waals surface area contributed by atoms with E-state index in [1.807, 2.05) is 42.1 Å². The Morgan fingerprint density at radius 3 is 2.71 bits per heavy atom. The van der Waals surface area contributed by atoms with E-state index in [1.54, 1.807) is 25.1 Å². The van der Waals surface area contributed by atoms with Crippen molar-refractivity contribution in [3.05, 3.63) is 58.5 Å². The van der Waals surface area contributed by atoms with Crippen molar-refractivity contribution in [3.8, 4) is 0 Å². The summed E-state index contributed by atoms with van der Waals surface area (Å²) in [4.78, 5) is 23.0. The lowest BCUT2D eigenvalue weighted by molar-refractivity contribution is -0.119. The first-order valence-electron chi connectivity index (χ1n) is 9.92. The molecule has 3 aromatic rings. The maximum atomic E-state index is 12.3. The van der Waals surface area contributed by atoms with Crippen molar-refractivity contribution >= 4 is 35.0 Å². The van der Waals surface area contributed by atoms with Crippen molar-refractivity contribution in [1.82, 2.24) is 19.7 Å². The van der Waals surface area contributed by atoms with Gasteiger partial charge in [0.1, 0.15) is 11.7 Å². The van der Waals surface area contributed by atoms with Crippen molar-refractivity contribution in [3.63, 3.8) is 0 Å². The molecule has 2 atom stereocenters. The summed E-state index contributed by atoms with van der Waals surface area (Å²) in [6, 6.07) is 6.96. The van der Waals surface area contributed by atoms with Gasteiger partial charge in [-0.25, -0.2) is 4.98 Å². The molecule has 1 amide bonds. The molecule has 31 heavy (non-hydrogen) atoms. The molecule has 0 aliphatic carbocycles. The number of nitrogens with one attached hydrogen (secondary N) is 2. The van der Waals surface area contributed by atoms with Crippen molar-refractivity contribution < 1.29 is 9.90 Å². The Morgan fingerprint density at radius 1 is 1.26 bits per heavy atom. The third kappa shape index (κ3) is 4.47. The topological polar surface area (TPSA) is 108 Å². The molecule has 162 valence electrons. The molecule has 9 nitrogen and oxygen atoms in total. The lowest BCUT2D eigenvalue weighted by atomic mass is 10.1. The number of benzene rings is 1. The van der Waals surface area contributed by atoms with Crippen molar-refractivity contribution in [2.75, 3.05) is 22.6 Å². The minimum atomic E-state index is -0.837. The van der Waals surface area contributed by atoms with Crippen LogP contribution in [-0.2, 0) is 17.9 Å². The first-order valence-corrected chi connectivity index (χ1v) is 10.3. The molecule has 0 saturated carbocycles. The third-order valence-corrected chi connectivity index (χ3v) is 5.44. The maximum Gasteiger partial charge on any atom is 0.249 e. The molecular weight excluding hydrogens is 418 g/mol. The minimum Gasteiger partial charge on any atom is -0.391 e. The highest BCUT2D eigenvalue weighted by Crippen LogP contribution is 2.33. The summed E-state index contributed by atoms with van der Waals surface area (Å²) >= 11 is 5.93. The molecular formula is C21H24ClN7O2. The van der Waals surface area contributed by atoms with Crippen LogP contribution in [0.15, 0.2) is 36.7 Å². The first-order chi connectivity index (χ1) is 14.8. The summed E-state index contributed by atoms with van der Waals surface area (Å²) in [6.45, 7) is 4.54. The zero-order valence-corrected chi connectivity index (χ0v) is 18.3. The number of hydrogen-bond acceptors (Lipinski definition) is 7. The smallest absolute Gasteiger partial charge is 0.249 e. The van der Waals surface area contributed by atoms with E-state index in [9.17, 15) is 9.90 Å². The third-order valence-electron chi connectivity index (χ3n) is 5.19. The number of likely N-dealkylation sites (N-methyl/N-ethyl adjacent to an activating group) is 1. The molecule has 1 aliphatic heterocycles. The van der Waals surface area contributed by atoms with Crippen LogP contribution in [-0.4, -0.2) is 50.0 Å². The average molecular weight is 442 g/mol. The van der Waals surface area contributed by atoms with E-state index in [-0.39, 0.29) is 5.91 Å². The van der Waals surface area contributed by atoms with Crippen molar-refractivity contribution in [2.45, 2.75) is 39.1 Å². The number of aryl methyl sites for hydroxylation is 1. The van der Waals surface area contributed by atoms with Crippen molar-refractivity contribution in [2.24, 2.45) is 0 Å². The quantitative estimate of drug-likeness (QED) is 0.539. The Labute approximate surface area is 185 Å². The molecule has 0 bridgehead atoms. The van der Waals surface area contributed by atoms with Crippen LogP contribution in [0.1, 0.15) is 23.7 Å². The van der Waals surface area contributed by atoms with E-state index < -0.39 is 12.1 Å². The highest BCUT2D eigenvalue weighted by molar-refractivity contribution is 6.30. The highest BCUT2D eigenvalue weighted by atomic mass is 35.5. The summed E-state index contributed by atoms with van der Waals surface area (Å²) in [5.41, 5.74) is 3.30. The van der Waals surface area contributed by atoms with E-state index in [1.165, 1.54) is 0 Å². The van der Waals surface area contributed by atoms with Gasteiger partial charge in [-0.05, 0) is 31.5 Å². The maximum absolute atomic E-state index is 12.3. The second kappa shape index (κ2) is 8.52. The average Bonchev–Trinajstić information content (AvgIpc) is 3.16. The molecule has 1 aliphatic rings. The summed E-state index contributed by atoms with van der Waals surface area (Å²) in [6.07, 6.45) is 2.92. The molecule has 3 N–H and O–H groups in total. The lowest BCUT2D eigenvalue weighted by Gasteiger charge is -2.36. The van der Waals surface area contributed by atoms with E-state index in [2.05, 4.69) is 25.7 Å². The van der Waals surface area contributed by atoms with Crippen LogP contribution >= 0.6 is 11.6 Å². The number of fused-ring (bicyclic) bond motifs is 1. The predicted octanol–water partition coefficient (Wildman–Crippen LogP) is 2.43. The van der Waals surface area contributed by atoms with Crippen LogP contribution in [0.5, 0.6) is 0 Å². The van der Waals surface area contributed by atoms with E-state index in [4.69, 9.17) is 11.6 Å². The molecule has 0 fully saturated rings. The number of anilines is 3. The van der Waals surface area contributed by atoms with Crippen LogP contribution < -0.4 is 15.5 Å². The van der Waals surface area contributed by atoms with Gasteiger partial charge in [0.05, 0.1) is 24.5 Å². The van der Waals surface area contributed by atoms with Gasteiger partial charge in [0.2, 0.25) is 11.9 Å². The zero-order valence-electron chi connectivity index (χ0n) is 17.5. The van der Waals surface area contributed by atoms with Crippen molar-refractivity contribution in [1.29, 1.82) is 0 Å². The number of amides is 1. The number of carbonyl (C=O) groups is 1. The first kappa shape index (κ1) is 21.1. The molecule has 0 radical (unpaired) electrons. The summed E-state index contributed by atoms with van der Waals surface area (Å²) in [7, 11) is 1.74. The van der Waals surface area contributed by atoms with Gasteiger partial charge in [0, 0.05) is 30.4 Å². The van der Waals surface area contributed by atoms with Gasteiger partial charge in [-0.2, -0.15) is 10.1 Å². The fraction of sp³-hybridized carbons (Fsp3) is 0.333. The molecule has 10 heteroatoms. The van der Waals surface area contributed by atoms with Crippen LogP contribution in [0.3, 0.4) is 0 Å². The van der Waals surface area contributed by atoms with Gasteiger partial charge in [0.25, 0.3) is 0 Å². The standard InChI is InChI=1S/C21H24ClN7O2/c1-12-17-19(28(3)18(13(2)30)20(31)26-17)27-21(25-12)23-8-15-9-24-29(11-15)10-14-4-6-16(22)7-5-14/h4-7,9,11,13,18,30H,8,10H2,1-3H3,(H,26,31)(H,23,25,27)/t13-,18-/m0/s1. The molecule has 1 aromatic carbocycles. The Balaban J connectivity index is 1.46. The Hall–Kier alpha value is -3.17. The second-order valence-electron chi connectivity index (χ2n) is 7.64. The summed E-state index contributed by atoms with van der Waals surface area (Å²) in [5, 5.41) is 21.1. The molecule has 0 saturated heterocycles. The summed E-state index contributed by atoms with van der Waals surface area (Å²) < 4.78 is 1.86. The Morgan fingerprint density at radius 2 is 2.00 bits per heavy atom. The van der Waals surface area contributed by atoms with Crippen LogP contribution in [0.2, 0.25) is 5.02 Å². The van der Waals surface area contributed by atoms with E-state index in [0.29, 0.717) is 41.3 Å². The highest BCUT2D eigenvalue weighted by Gasteiger charge is 2.36. The second-order valence-corrected chi connectivity index (χ2v) is 8.08. The van der Waals surface area contributed by atoms with Crippen LogP contribution in [0.4, 0.5) is 17.5 Å². The predicted molar refractivity (Wildman–Crippen MR) is 119 cm³/mol.